The molecule has 5 rings (SSSR count). The minimum absolute atomic E-state index is 0.0444. The highest BCUT2D eigenvalue weighted by atomic mass is 19.3. The Morgan fingerprint density at radius 1 is 1.00 bits per heavy atom. The van der Waals surface area contributed by atoms with Gasteiger partial charge in [-0.3, -0.25) is 4.90 Å². The van der Waals surface area contributed by atoms with Crippen molar-refractivity contribution in [2.24, 2.45) is 11.8 Å². The number of ether oxygens (including phenoxy) is 1. The van der Waals surface area contributed by atoms with Crippen LogP contribution in [0.5, 0.6) is 5.75 Å². The number of β-amino-alcohol motifs (C(OH)–C–C–N with tert-alkyl or cyclic N) is 1. The SMILES string of the molecule is OC(COc1ccc2ccccc2c1-c1ccc(F)c(F)c1)CN1CC2C(C1)C2(F)F. The van der Waals surface area contributed by atoms with Crippen molar-refractivity contribution < 1.29 is 27.4 Å². The van der Waals surface area contributed by atoms with Crippen LogP contribution in [0.15, 0.2) is 54.6 Å². The van der Waals surface area contributed by atoms with Gasteiger partial charge in [-0.25, -0.2) is 17.6 Å². The summed E-state index contributed by atoms with van der Waals surface area (Å²) in [6, 6.07) is 14.8. The molecule has 7 heteroatoms. The molecule has 1 aliphatic carbocycles. The molecular weight excluding hydrogens is 410 g/mol. The van der Waals surface area contributed by atoms with Crippen LogP contribution in [-0.4, -0.2) is 48.3 Å². The quantitative estimate of drug-likeness (QED) is 0.574. The van der Waals surface area contributed by atoms with Gasteiger partial charge in [0, 0.05) is 37.0 Å². The molecule has 3 unspecified atom stereocenters. The van der Waals surface area contributed by atoms with Gasteiger partial charge in [0.25, 0.3) is 5.92 Å². The normalized spacial score (nSPS) is 23.0. The van der Waals surface area contributed by atoms with Crippen molar-refractivity contribution in [3.8, 4) is 16.9 Å². The van der Waals surface area contributed by atoms with Crippen molar-refractivity contribution in [1.82, 2.24) is 4.90 Å². The molecule has 2 aliphatic rings. The maximum atomic E-state index is 13.9. The molecule has 0 amide bonds. The monoisotopic (exact) mass is 431 g/mol. The van der Waals surface area contributed by atoms with E-state index < -0.39 is 35.5 Å². The molecule has 0 aromatic heterocycles. The van der Waals surface area contributed by atoms with Gasteiger partial charge < -0.3 is 9.84 Å². The minimum atomic E-state index is -2.55. The van der Waals surface area contributed by atoms with Crippen molar-refractivity contribution in [1.29, 1.82) is 0 Å². The molecule has 3 aromatic rings. The van der Waals surface area contributed by atoms with Gasteiger partial charge in [-0.05, 0) is 34.5 Å². The van der Waals surface area contributed by atoms with Crippen LogP contribution >= 0.6 is 0 Å². The van der Waals surface area contributed by atoms with Crippen molar-refractivity contribution in [3.63, 3.8) is 0 Å². The van der Waals surface area contributed by atoms with Gasteiger partial charge in [-0.15, -0.1) is 0 Å². The van der Waals surface area contributed by atoms with Crippen LogP contribution in [0.1, 0.15) is 0 Å². The summed E-state index contributed by atoms with van der Waals surface area (Å²) in [5.41, 5.74) is 1.06. The molecular formula is C24H21F4NO2. The van der Waals surface area contributed by atoms with Gasteiger partial charge in [0.15, 0.2) is 11.6 Å². The largest absolute Gasteiger partial charge is 0.490 e. The van der Waals surface area contributed by atoms with Gasteiger partial charge in [0.1, 0.15) is 18.5 Å². The minimum Gasteiger partial charge on any atom is -0.490 e. The zero-order valence-corrected chi connectivity index (χ0v) is 16.6. The van der Waals surface area contributed by atoms with Gasteiger partial charge in [-0.1, -0.05) is 36.4 Å². The molecule has 3 aromatic carbocycles. The Morgan fingerprint density at radius 3 is 2.48 bits per heavy atom. The number of hydrogen-bond acceptors (Lipinski definition) is 3. The second-order valence-electron chi connectivity index (χ2n) is 8.36. The van der Waals surface area contributed by atoms with E-state index in [0.29, 0.717) is 16.9 Å². The molecule has 1 N–H and O–H groups in total. The molecule has 1 saturated heterocycles. The molecule has 162 valence electrons. The number of aliphatic hydroxyl groups is 1. The molecule has 0 spiro atoms. The highest BCUT2D eigenvalue weighted by molar-refractivity contribution is 5.99. The summed E-state index contributed by atoms with van der Waals surface area (Å²) in [6.07, 6.45) is -0.865. The van der Waals surface area contributed by atoms with Crippen molar-refractivity contribution in [2.45, 2.75) is 12.0 Å². The fourth-order valence-corrected chi connectivity index (χ4v) is 4.60. The van der Waals surface area contributed by atoms with Crippen LogP contribution in [-0.2, 0) is 0 Å². The number of nitrogens with zero attached hydrogens (tertiary/aromatic N) is 1. The van der Waals surface area contributed by atoms with Crippen LogP contribution in [0.25, 0.3) is 21.9 Å². The fourth-order valence-electron chi connectivity index (χ4n) is 4.60. The van der Waals surface area contributed by atoms with E-state index in [4.69, 9.17) is 4.74 Å². The molecule has 1 saturated carbocycles. The van der Waals surface area contributed by atoms with E-state index in [1.54, 1.807) is 6.07 Å². The first kappa shape index (κ1) is 20.3. The number of aliphatic hydroxyl groups excluding tert-OH is 1. The number of rotatable bonds is 6. The number of benzene rings is 3. The highest BCUT2D eigenvalue weighted by Crippen LogP contribution is 2.59. The second-order valence-corrected chi connectivity index (χ2v) is 8.36. The molecule has 1 heterocycles. The van der Waals surface area contributed by atoms with Crippen LogP contribution in [0, 0.1) is 23.5 Å². The van der Waals surface area contributed by atoms with Crippen molar-refractivity contribution in [2.75, 3.05) is 26.2 Å². The zero-order valence-electron chi connectivity index (χ0n) is 16.6. The van der Waals surface area contributed by atoms with Gasteiger partial charge in [0.05, 0.1) is 0 Å². The number of likely N-dealkylation sites (tertiary alicyclic amines) is 1. The Labute approximate surface area is 176 Å². The smallest absolute Gasteiger partial charge is 0.257 e. The molecule has 1 aliphatic heterocycles. The molecule has 3 nitrogen and oxygen atoms in total. The Balaban J connectivity index is 1.35. The van der Waals surface area contributed by atoms with Crippen molar-refractivity contribution in [3.05, 3.63) is 66.2 Å². The number of halogens is 4. The Bertz CT molecular complexity index is 1120. The summed E-state index contributed by atoms with van der Waals surface area (Å²) in [5, 5.41) is 12.1. The number of fused-ring (bicyclic) bond motifs is 2. The topological polar surface area (TPSA) is 32.7 Å². The fraction of sp³-hybridized carbons (Fsp3) is 0.333. The van der Waals surface area contributed by atoms with Gasteiger partial charge >= 0.3 is 0 Å². The lowest BCUT2D eigenvalue weighted by Crippen LogP contribution is -2.37. The maximum Gasteiger partial charge on any atom is 0.257 e. The second kappa shape index (κ2) is 7.50. The van der Waals surface area contributed by atoms with E-state index >= 15 is 0 Å². The average molecular weight is 431 g/mol. The summed E-state index contributed by atoms with van der Waals surface area (Å²) >= 11 is 0. The molecule has 31 heavy (non-hydrogen) atoms. The molecule has 2 fully saturated rings. The van der Waals surface area contributed by atoms with Crippen LogP contribution in [0.4, 0.5) is 17.6 Å². The van der Waals surface area contributed by atoms with Crippen LogP contribution < -0.4 is 4.74 Å². The predicted octanol–water partition coefficient (Wildman–Crippen LogP) is 4.72. The lowest BCUT2D eigenvalue weighted by Gasteiger charge is -2.23. The van der Waals surface area contributed by atoms with Gasteiger partial charge in [0.2, 0.25) is 0 Å². The van der Waals surface area contributed by atoms with E-state index in [9.17, 15) is 22.7 Å². The van der Waals surface area contributed by atoms with E-state index in [1.165, 1.54) is 6.07 Å². The van der Waals surface area contributed by atoms with E-state index in [-0.39, 0.29) is 26.2 Å². The molecule has 0 radical (unpaired) electrons. The first-order valence-corrected chi connectivity index (χ1v) is 10.2. The Kier molecular flexibility index (Phi) is 4.90. The van der Waals surface area contributed by atoms with Crippen LogP contribution in [0.2, 0.25) is 0 Å². The van der Waals surface area contributed by atoms with E-state index in [1.807, 2.05) is 35.2 Å². The summed E-state index contributed by atoms with van der Waals surface area (Å²) in [6.45, 7) is 0.768. The van der Waals surface area contributed by atoms with E-state index in [2.05, 4.69) is 0 Å². The molecule has 0 bridgehead atoms. The third kappa shape index (κ3) is 3.66. The number of alkyl halides is 2. The van der Waals surface area contributed by atoms with Crippen molar-refractivity contribution >= 4 is 10.8 Å². The van der Waals surface area contributed by atoms with Gasteiger partial charge in [-0.2, -0.15) is 0 Å². The van der Waals surface area contributed by atoms with Crippen LogP contribution in [0.3, 0.4) is 0 Å². The zero-order chi connectivity index (χ0) is 21.8. The molecule has 3 atom stereocenters. The summed E-state index contributed by atoms with van der Waals surface area (Å²) in [7, 11) is 0. The number of piperidine rings is 1. The Hall–Kier alpha value is -2.64. The first-order valence-electron chi connectivity index (χ1n) is 10.2. The Morgan fingerprint density at radius 2 is 1.74 bits per heavy atom. The maximum absolute atomic E-state index is 13.9. The first-order chi connectivity index (χ1) is 14.8. The lowest BCUT2D eigenvalue weighted by molar-refractivity contribution is 0.0303. The lowest BCUT2D eigenvalue weighted by atomic mass is 9.97. The standard InChI is InChI=1S/C24H21F4NO2/c25-20-7-5-15(9-21(20)26)23-17-4-2-1-3-14(17)6-8-22(23)31-13-16(30)10-29-11-18-19(12-29)24(18,27)28/h1-9,16,18-19,30H,10-13H2. The average Bonchev–Trinajstić information content (AvgIpc) is 3.06. The predicted molar refractivity (Wildman–Crippen MR) is 109 cm³/mol. The van der Waals surface area contributed by atoms with E-state index in [0.717, 1.165) is 22.9 Å². The summed E-state index contributed by atoms with van der Waals surface area (Å²) in [5.74, 6) is -5.21. The highest BCUT2D eigenvalue weighted by Gasteiger charge is 2.71. The third-order valence-electron chi connectivity index (χ3n) is 6.27. The third-order valence-corrected chi connectivity index (χ3v) is 6.27. The summed E-state index contributed by atoms with van der Waals surface area (Å²) in [4.78, 5) is 1.83. The number of hydrogen-bond donors (Lipinski definition) is 1. The summed E-state index contributed by atoms with van der Waals surface area (Å²) < 4.78 is 59.9.